The third-order valence-corrected chi connectivity index (χ3v) is 4.56. The highest BCUT2D eigenvalue weighted by Gasteiger charge is 2.16. The molecule has 1 atom stereocenters. The van der Waals surface area contributed by atoms with E-state index in [0.717, 1.165) is 12.1 Å². The van der Waals surface area contributed by atoms with Gasteiger partial charge in [-0.2, -0.15) is 0 Å². The third kappa shape index (κ3) is 3.68. The molecule has 0 radical (unpaired) electrons. The molecule has 0 saturated carbocycles. The summed E-state index contributed by atoms with van der Waals surface area (Å²) in [5.74, 6) is 0.279. The molecule has 0 spiro atoms. The van der Waals surface area contributed by atoms with Crippen molar-refractivity contribution in [3.05, 3.63) is 57.0 Å². The van der Waals surface area contributed by atoms with Gasteiger partial charge >= 0.3 is 0 Å². The van der Waals surface area contributed by atoms with Crippen molar-refractivity contribution < 1.29 is 4.39 Å². The number of hydrogen-bond acceptors (Lipinski definition) is 2. The molecule has 0 fully saturated rings. The molecule has 3 heteroatoms. The second kappa shape index (κ2) is 6.51. The normalized spacial score (nSPS) is 12.9. The number of aryl methyl sites for hydroxylation is 2. The maximum absolute atomic E-state index is 13.0. The van der Waals surface area contributed by atoms with Gasteiger partial charge in [0.25, 0.3) is 0 Å². The van der Waals surface area contributed by atoms with Crippen LogP contribution in [0.25, 0.3) is 0 Å². The van der Waals surface area contributed by atoms with E-state index in [4.69, 9.17) is 0 Å². The van der Waals surface area contributed by atoms with E-state index in [9.17, 15) is 4.39 Å². The highest BCUT2D eigenvalue weighted by Crippen LogP contribution is 2.25. The summed E-state index contributed by atoms with van der Waals surface area (Å²) < 4.78 is 13.0. The van der Waals surface area contributed by atoms with Crippen molar-refractivity contribution in [2.75, 3.05) is 0 Å². The second-order valence-corrected chi connectivity index (χ2v) is 7.05. The maximum atomic E-state index is 13.0. The topological polar surface area (TPSA) is 12.0 Å². The van der Waals surface area contributed by atoms with Crippen LogP contribution in [0.15, 0.2) is 30.3 Å². The van der Waals surface area contributed by atoms with Crippen LogP contribution in [0.4, 0.5) is 4.39 Å². The van der Waals surface area contributed by atoms with Crippen molar-refractivity contribution in [3.63, 3.8) is 0 Å². The van der Waals surface area contributed by atoms with Crippen LogP contribution >= 0.6 is 11.3 Å². The Bertz CT molecular complexity index is 557. The average molecular weight is 291 g/mol. The minimum absolute atomic E-state index is 0.180. The highest BCUT2D eigenvalue weighted by molar-refractivity contribution is 7.12. The molecule has 1 heterocycles. The van der Waals surface area contributed by atoms with Gasteiger partial charge < -0.3 is 5.32 Å². The van der Waals surface area contributed by atoms with Crippen LogP contribution in [-0.2, 0) is 6.54 Å². The van der Waals surface area contributed by atoms with Crippen molar-refractivity contribution in [1.29, 1.82) is 0 Å². The minimum Gasteiger partial charge on any atom is -0.306 e. The number of halogens is 1. The van der Waals surface area contributed by atoms with Crippen molar-refractivity contribution in [2.24, 2.45) is 5.92 Å². The Morgan fingerprint density at radius 3 is 2.30 bits per heavy atom. The van der Waals surface area contributed by atoms with E-state index < -0.39 is 0 Å². The Balaban J connectivity index is 2.10. The molecule has 0 aliphatic carbocycles. The molecule has 1 unspecified atom stereocenters. The first-order valence-electron chi connectivity index (χ1n) is 7.02. The van der Waals surface area contributed by atoms with Gasteiger partial charge in [-0.25, -0.2) is 4.39 Å². The lowest BCUT2D eigenvalue weighted by molar-refractivity contribution is 0.410. The molecule has 1 aromatic heterocycles. The Morgan fingerprint density at radius 1 is 1.15 bits per heavy atom. The molecule has 2 rings (SSSR count). The first-order valence-corrected chi connectivity index (χ1v) is 7.83. The van der Waals surface area contributed by atoms with E-state index in [2.05, 4.69) is 39.1 Å². The van der Waals surface area contributed by atoms with Crippen molar-refractivity contribution in [1.82, 2.24) is 5.32 Å². The standard InChI is InChI=1S/C17H22FNS/c1-11(2)17(14-5-7-16(18)8-6-14)19-10-15-9-12(3)20-13(15)4/h5-9,11,17,19H,10H2,1-4H3. The first kappa shape index (κ1) is 15.2. The molecule has 1 nitrogen and oxygen atoms in total. The molecule has 20 heavy (non-hydrogen) atoms. The zero-order valence-corrected chi connectivity index (χ0v) is 13.4. The third-order valence-electron chi connectivity index (χ3n) is 3.55. The lowest BCUT2D eigenvalue weighted by Gasteiger charge is -2.23. The van der Waals surface area contributed by atoms with E-state index in [1.807, 2.05) is 23.5 Å². The number of thiophene rings is 1. The summed E-state index contributed by atoms with van der Waals surface area (Å²) in [6.45, 7) is 9.54. The molecule has 0 aliphatic heterocycles. The van der Waals surface area contributed by atoms with Gasteiger partial charge in [0, 0.05) is 22.3 Å². The second-order valence-electron chi connectivity index (χ2n) is 5.59. The fourth-order valence-electron chi connectivity index (χ4n) is 2.49. The fourth-order valence-corrected chi connectivity index (χ4v) is 3.43. The van der Waals surface area contributed by atoms with Crippen molar-refractivity contribution >= 4 is 11.3 Å². The Kier molecular flexibility index (Phi) is 4.95. The molecule has 0 aliphatic rings. The molecule has 108 valence electrons. The van der Waals surface area contributed by atoms with Gasteiger partial charge in [-0.1, -0.05) is 26.0 Å². The molecular formula is C17H22FNS. The summed E-state index contributed by atoms with van der Waals surface area (Å²) in [5, 5.41) is 3.61. The van der Waals surface area contributed by atoms with E-state index in [0.29, 0.717) is 5.92 Å². The maximum Gasteiger partial charge on any atom is 0.123 e. The van der Waals surface area contributed by atoms with Gasteiger partial charge in [0.05, 0.1) is 0 Å². The van der Waals surface area contributed by atoms with E-state index >= 15 is 0 Å². The van der Waals surface area contributed by atoms with Gasteiger partial charge in [-0.05, 0) is 49.1 Å². The van der Waals surface area contributed by atoms with Crippen LogP contribution < -0.4 is 5.32 Å². The Labute approximate surface area is 124 Å². The van der Waals surface area contributed by atoms with Crippen LogP contribution in [0.1, 0.15) is 40.8 Å². The van der Waals surface area contributed by atoms with Crippen molar-refractivity contribution in [3.8, 4) is 0 Å². The van der Waals surface area contributed by atoms with Gasteiger partial charge in [0.1, 0.15) is 5.82 Å². The quantitative estimate of drug-likeness (QED) is 0.818. The minimum atomic E-state index is -0.180. The van der Waals surface area contributed by atoms with Crippen LogP contribution in [0.3, 0.4) is 0 Å². The van der Waals surface area contributed by atoms with Crippen molar-refractivity contribution in [2.45, 2.75) is 40.3 Å². The molecule has 2 aromatic rings. The predicted molar refractivity (Wildman–Crippen MR) is 84.6 cm³/mol. The van der Waals surface area contributed by atoms with E-state index in [1.165, 1.54) is 27.5 Å². The predicted octanol–water partition coefficient (Wildman–Crippen LogP) is 4.99. The number of hydrogen-bond donors (Lipinski definition) is 1. The summed E-state index contributed by atoms with van der Waals surface area (Å²) >= 11 is 1.84. The summed E-state index contributed by atoms with van der Waals surface area (Å²) in [6.07, 6.45) is 0. The van der Waals surface area contributed by atoms with Gasteiger partial charge in [-0.3, -0.25) is 0 Å². The summed E-state index contributed by atoms with van der Waals surface area (Å²) in [7, 11) is 0. The summed E-state index contributed by atoms with van der Waals surface area (Å²) in [5.41, 5.74) is 2.51. The zero-order valence-electron chi connectivity index (χ0n) is 12.5. The number of nitrogens with one attached hydrogen (secondary N) is 1. The van der Waals surface area contributed by atoms with Gasteiger partial charge in [0.2, 0.25) is 0 Å². The largest absolute Gasteiger partial charge is 0.306 e. The van der Waals surface area contributed by atoms with Gasteiger partial charge in [-0.15, -0.1) is 11.3 Å². The fraction of sp³-hybridized carbons (Fsp3) is 0.412. The molecule has 0 saturated heterocycles. The first-order chi connectivity index (χ1) is 9.47. The van der Waals surface area contributed by atoms with E-state index in [1.54, 1.807) is 0 Å². The lowest BCUT2D eigenvalue weighted by atomic mass is 9.96. The zero-order chi connectivity index (χ0) is 14.7. The summed E-state index contributed by atoms with van der Waals surface area (Å²) in [6, 6.07) is 9.31. The SMILES string of the molecule is Cc1cc(CNC(c2ccc(F)cc2)C(C)C)c(C)s1. The number of benzene rings is 1. The lowest BCUT2D eigenvalue weighted by Crippen LogP contribution is -2.25. The van der Waals surface area contributed by atoms with E-state index in [-0.39, 0.29) is 11.9 Å². The van der Waals surface area contributed by atoms with Crippen LogP contribution in [0, 0.1) is 25.6 Å². The van der Waals surface area contributed by atoms with Gasteiger partial charge in [0.15, 0.2) is 0 Å². The molecule has 1 N–H and O–H groups in total. The van der Waals surface area contributed by atoms with Crippen LogP contribution in [0.5, 0.6) is 0 Å². The molecule has 0 amide bonds. The van der Waals surface area contributed by atoms with Crippen LogP contribution in [-0.4, -0.2) is 0 Å². The highest BCUT2D eigenvalue weighted by atomic mass is 32.1. The monoisotopic (exact) mass is 291 g/mol. The Morgan fingerprint density at radius 2 is 1.80 bits per heavy atom. The smallest absolute Gasteiger partial charge is 0.123 e. The van der Waals surface area contributed by atoms with Crippen LogP contribution in [0.2, 0.25) is 0 Å². The Hall–Kier alpha value is -1.19. The molecule has 0 bridgehead atoms. The average Bonchev–Trinajstić information content (AvgIpc) is 2.70. The number of rotatable bonds is 5. The molecule has 1 aromatic carbocycles. The molecular weight excluding hydrogens is 269 g/mol. The summed E-state index contributed by atoms with van der Waals surface area (Å²) in [4.78, 5) is 2.72.